The van der Waals surface area contributed by atoms with E-state index < -0.39 is 5.97 Å². The lowest BCUT2D eigenvalue weighted by molar-refractivity contribution is -0.136. The molecule has 0 saturated carbocycles. The Bertz CT molecular complexity index is 1100. The molecule has 164 valence electrons. The molecular weight excluding hydrogens is 400 g/mol. The van der Waals surface area contributed by atoms with Crippen LogP contribution < -0.4 is 4.74 Å². The number of nitriles is 1. The summed E-state index contributed by atoms with van der Waals surface area (Å²) in [6.07, 6.45) is 3.37. The highest BCUT2D eigenvalue weighted by atomic mass is 16.5. The number of nitrogens with zero attached hydrogens (tertiary/aromatic N) is 2. The third kappa shape index (κ3) is 6.18. The number of aryl methyl sites for hydroxylation is 2. The fourth-order valence-corrected chi connectivity index (χ4v) is 3.59. The quantitative estimate of drug-likeness (QED) is 0.412. The standard InChI is InChI=1S/C27H28N2O3/c1-3-4-8-26(32-23-15-13-21(19(2)17-23)14-16-27(30)31)25-7-5-6-24(29-25)22-11-9-20(18-28)10-12-22/h5-7,9-13,15,17,26H,3-4,8,14,16H2,1-2H3,(H,30,31)/t26-/m0/s1. The average molecular weight is 429 g/mol. The molecule has 0 spiro atoms. The summed E-state index contributed by atoms with van der Waals surface area (Å²) < 4.78 is 6.37. The van der Waals surface area contributed by atoms with Crippen molar-refractivity contribution in [3.8, 4) is 23.1 Å². The molecule has 0 aliphatic heterocycles. The highest BCUT2D eigenvalue weighted by Gasteiger charge is 2.16. The van der Waals surface area contributed by atoms with E-state index >= 15 is 0 Å². The van der Waals surface area contributed by atoms with Gasteiger partial charge in [0.2, 0.25) is 0 Å². The molecule has 0 bridgehead atoms. The maximum absolute atomic E-state index is 10.9. The van der Waals surface area contributed by atoms with Crippen molar-refractivity contribution in [2.75, 3.05) is 0 Å². The van der Waals surface area contributed by atoms with Crippen LogP contribution in [0.1, 0.15) is 61.1 Å². The normalized spacial score (nSPS) is 11.5. The first-order valence-corrected chi connectivity index (χ1v) is 11.0. The van der Waals surface area contributed by atoms with Crippen molar-refractivity contribution in [3.63, 3.8) is 0 Å². The summed E-state index contributed by atoms with van der Waals surface area (Å²) in [5.74, 6) is -0.0363. The maximum Gasteiger partial charge on any atom is 0.303 e. The minimum atomic E-state index is -0.794. The molecule has 0 aliphatic rings. The SMILES string of the molecule is CCCC[C@H](Oc1ccc(CCC(=O)O)c(C)c1)c1cccc(-c2ccc(C#N)cc2)n1. The van der Waals surface area contributed by atoms with Gasteiger partial charge in [-0.25, -0.2) is 4.98 Å². The van der Waals surface area contributed by atoms with Gasteiger partial charge in [0, 0.05) is 12.0 Å². The topological polar surface area (TPSA) is 83.2 Å². The number of carbonyl (C=O) groups is 1. The summed E-state index contributed by atoms with van der Waals surface area (Å²) in [5.41, 5.74) is 5.34. The summed E-state index contributed by atoms with van der Waals surface area (Å²) in [6.45, 7) is 4.13. The molecule has 0 amide bonds. The van der Waals surface area contributed by atoms with Crippen LogP contribution in [0.4, 0.5) is 0 Å². The number of ether oxygens (including phenoxy) is 1. The predicted octanol–water partition coefficient (Wildman–Crippen LogP) is 6.26. The monoisotopic (exact) mass is 428 g/mol. The molecule has 5 heteroatoms. The first-order chi connectivity index (χ1) is 15.5. The molecular formula is C27H28N2O3. The van der Waals surface area contributed by atoms with Crippen LogP contribution in [0, 0.1) is 18.3 Å². The van der Waals surface area contributed by atoms with Crippen LogP contribution in [0.25, 0.3) is 11.3 Å². The number of carboxylic acid groups (broad SMARTS) is 1. The fourth-order valence-electron chi connectivity index (χ4n) is 3.59. The van der Waals surface area contributed by atoms with Crippen LogP contribution in [-0.2, 0) is 11.2 Å². The van der Waals surface area contributed by atoms with Crippen LogP contribution >= 0.6 is 0 Å². The van der Waals surface area contributed by atoms with E-state index in [0.717, 1.165) is 53.1 Å². The van der Waals surface area contributed by atoms with Gasteiger partial charge in [-0.05, 0) is 73.7 Å². The van der Waals surface area contributed by atoms with Gasteiger partial charge in [-0.3, -0.25) is 4.79 Å². The van der Waals surface area contributed by atoms with E-state index in [-0.39, 0.29) is 12.5 Å². The second-order valence-electron chi connectivity index (χ2n) is 7.87. The molecule has 5 nitrogen and oxygen atoms in total. The van der Waals surface area contributed by atoms with Crippen molar-refractivity contribution >= 4 is 5.97 Å². The predicted molar refractivity (Wildman–Crippen MR) is 124 cm³/mol. The molecule has 1 N–H and O–H groups in total. The number of hydrogen-bond acceptors (Lipinski definition) is 4. The van der Waals surface area contributed by atoms with Crippen LogP contribution in [0.2, 0.25) is 0 Å². The lowest BCUT2D eigenvalue weighted by Crippen LogP contribution is -2.10. The minimum absolute atomic E-state index is 0.117. The van der Waals surface area contributed by atoms with Gasteiger partial charge in [0.15, 0.2) is 0 Å². The zero-order valence-corrected chi connectivity index (χ0v) is 18.5. The van der Waals surface area contributed by atoms with Gasteiger partial charge in [0.1, 0.15) is 11.9 Å². The van der Waals surface area contributed by atoms with Crippen LogP contribution in [0.5, 0.6) is 5.75 Å². The molecule has 0 aliphatic carbocycles. The first-order valence-electron chi connectivity index (χ1n) is 11.0. The zero-order valence-electron chi connectivity index (χ0n) is 18.5. The van der Waals surface area contributed by atoms with E-state index in [1.807, 2.05) is 55.5 Å². The third-order valence-electron chi connectivity index (χ3n) is 5.43. The average Bonchev–Trinajstić information content (AvgIpc) is 2.81. The summed E-state index contributed by atoms with van der Waals surface area (Å²) in [4.78, 5) is 15.7. The van der Waals surface area contributed by atoms with E-state index in [4.69, 9.17) is 20.1 Å². The van der Waals surface area contributed by atoms with Gasteiger partial charge in [0.05, 0.1) is 23.0 Å². The van der Waals surface area contributed by atoms with Crippen molar-refractivity contribution in [3.05, 3.63) is 83.0 Å². The van der Waals surface area contributed by atoms with E-state index in [1.54, 1.807) is 12.1 Å². The largest absolute Gasteiger partial charge is 0.484 e. The Morgan fingerprint density at radius 1 is 1.16 bits per heavy atom. The zero-order chi connectivity index (χ0) is 22.9. The number of hydrogen-bond donors (Lipinski definition) is 1. The minimum Gasteiger partial charge on any atom is -0.484 e. The Hall–Kier alpha value is -3.65. The highest BCUT2D eigenvalue weighted by Crippen LogP contribution is 2.29. The maximum atomic E-state index is 10.9. The molecule has 1 aromatic heterocycles. The number of aliphatic carboxylic acids is 1. The molecule has 0 radical (unpaired) electrons. The van der Waals surface area contributed by atoms with Crippen LogP contribution in [0.15, 0.2) is 60.7 Å². The summed E-state index contributed by atoms with van der Waals surface area (Å²) in [6, 6.07) is 21.3. The molecule has 1 heterocycles. The van der Waals surface area contributed by atoms with Crippen molar-refractivity contribution < 1.29 is 14.6 Å². The molecule has 3 aromatic rings. The Kier molecular flexibility index (Phi) is 7.99. The van der Waals surface area contributed by atoms with Gasteiger partial charge in [-0.15, -0.1) is 0 Å². The second-order valence-corrected chi connectivity index (χ2v) is 7.87. The van der Waals surface area contributed by atoms with Crippen molar-refractivity contribution in [1.82, 2.24) is 4.98 Å². The second kappa shape index (κ2) is 11.1. The number of benzene rings is 2. The molecule has 0 unspecified atom stereocenters. The number of pyridine rings is 1. The van der Waals surface area contributed by atoms with Crippen molar-refractivity contribution in [1.29, 1.82) is 5.26 Å². The summed E-state index contributed by atoms with van der Waals surface area (Å²) in [7, 11) is 0. The molecule has 3 rings (SSSR count). The number of unbranched alkanes of at least 4 members (excludes halogenated alkanes) is 1. The van der Waals surface area contributed by atoms with E-state index in [2.05, 4.69) is 13.0 Å². The van der Waals surface area contributed by atoms with E-state index in [9.17, 15) is 4.79 Å². The van der Waals surface area contributed by atoms with Gasteiger partial charge < -0.3 is 9.84 Å². The Balaban J connectivity index is 1.83. The Morgan fingerprint density at radius 2 is 1.94 bits per heavy atom. The number of carboxylic acids is 1. The molecule has 0 fully saturated rings. The smallest absolute Gasteiger partial charge is 0.303 e. The van der Waals surface area contributed by atoms with Crippen LogP contribution in [0.3, 0.4) is 0 Å². The molecule has 0 saturated heterocycles. The van der Waals surface area contributed by atoms with Gasteiger partial charge in [0.25, 0.3) is 0 Å². The van der Waals surface area contributed by atoms with E-state index in [0.29, 0.717) is 12.0 Å². The summed E-state index contributed by atoms with van der Waals surface area (Å²) >= 11 is 0. The number of aromatic nitrogens is 1. The Morgan fingerprint density at radius 3 is 2.59 bits per heavy atom. The lowest BCUT2D eigenvalue weighted by atomic mass is 10.0. The molecule has 1 atom stereocenters. The first kappa shape index (κ1) is 23.0. The molecule has 2 aromatic carbocycles. The third-order valence-corrected chi connectivity index (χ3v) is 5.43. The van der Waals surface area contributed by atoms with Crippen molar-refractivity contribution in [2.45, 2.75) is 52.1 Å². The molecule has 32 heavy (non-hydrogen) atoms. The highest BCUT2D eigenvalue weighted by molar-refractivity contribution is 5.67. The number of rotatable bonds is 10. The van der Waals surface area contributed by atoms with Gasteiger partial charge in [-0.1, -0.05) is 37.6 Å². The van der Waals surface area contributed by atoms with Gasteiger partial charge in [-0.2, -0.15) is 5.26 Å². The van der Waals surface area contributed by atoms with Gasteiger partial charge >= 0.3 is 5.97 Å². The fraction of sp³-hybridized carbons (Fsp3) is 0.296. The van der Waals surface area contributed by atoms with Crippen LogP contribution in [-0.4, -0.2) is 16.1 Å². The van der Waals surface area contributed by atoms with Crippen molar-refractivity contribution in [2.24, 2.45) is 0 Å². The Labute approximate surface area is 189 Å². The lowest BCUT2D eigenvalue weighted by Gasteiger charge is -2.20. The summed E-state index contributed by atoms with van der Waals surface area (Å²) in [5, 5.41) is 18.0. The van der Waals surface area contributed by atoms with E-state index in [1.165, 1.54) is 0 Å².